The molecule has 2 atom stereocenters. The normalized spacial score (nSPS) is 18.5. The Morgan fingerprint density at radius 2 is 2.00 bits per heavy atom. The quantitative estimate of drug-likeness (QED) is 0.532. The summed E-state index contributed by atoms with van der Waals surface area (Å²) < 4.78 is 22.3. The van der Waals surface area contributed by atoms with Crippen LogP contribution in [0.2, 0.25) is 0 Å². The molecule has 0 aromatic rings. The van der Waals surface area contributed by atoms with Crippen molar-refractivity contribution >= 4 is 7.60 Å². The molecule has 0 bridgehead atoms. The Kier molecular flexibility index (Phi) is 3.45. The Morgan fingerprint density at radius 1 is 1.60 bits per heavy atom. The van der Waals surface area contributed by atoms with Crippen molar-refractivity contribution in [2.45, 2.75) is 25.4 Å². The Labute approximate surface area is 57.8 Å². The molecule has 0 aromatic heterocycles. The van der Waals surface area contributed by atoms with Crippen LogP contribution in [0.25, 0.3) is 0 Å². The molecule has 0 aliphatic carbocycles. The van der Waals surface area contributed by atoms with Crippen molar-refractivity contribution in [3.8, 4) is 0 Å². The van der Waals surface area contributed by atoms with Crippen LogP contribution >= 0.6 is 7.60 Å². The van der Waals surface area contributed by atoms with Crippen LogP contribution in [0.1, 0.15) is 13.3 Å². The van der Waals surface area contributed by atoms with Gasteiger partial charge in [0, 0.05) is 6.42 Å². The highest BCUT2D eigenvalue weighted by Crippen LogP contribution is 2.43. The van der Waals surface area contributed by atoms with Gasteiger partial charge in [-0.05, 0) is 6.92 Å². The van der Waals surface area contributed by atoms with Gasteiger partial charge in [0.05, 0.1) is 6.10 Å². The van der Waals surface area contributed by atoms with E-state index in [1.807, 2.05) is 0 Å². The average Bonchev–Trinajstić information content (AvgIpc) is 1.60. The van der Waals surface area contributed by atoms with E-state index in [1.54, 1.807) is 0 Å². The van der Waals surface area contributed by atoms with E-state index < -0.39 is 26.0 Å². The summed E-state index contributed by atoms with van der Waals surface area (Å²) >= 11 is 0. The van der Waals surface area contributed by atoms with Gasteiger partial charge in [-0.1, -0.05) is 0 Å². The van der Waals surface area contributed by atoms with E-state index in [2.05, 4.69) is 0 Å². The summed E-state index contributed by atoms with van der Waals surface area (Å²) in [6.07, 6.45) is -1.55. The molecular formula is C4H10FO4P. The molecule has 0 saturated carbocycles. The van der Waals surface area contributed by atoms with Gasteiger partial charge in [0.1, 0.15) is 0 Å². The van der Waals surface area contributed by atoms with Gasteiger partial charge in [-0.25, -0.2) is 4.39 Å². The van der Waals surface area contributed by atoms with E-state index in [1.165, 1.54) is 6.92 Å². The van der Waals surface area contributed by atoms with Crippen molar-refractivity contribution < 1.29 is 23.8 Å². The van der Waals surface area contributed by atoms with Crippen LogP contribution in [0.3, 0.4) is 0 Å². The lowest BCUT2D eigenvalue weighted by Crippen LogP contribution is -2.10. The first-order valence-corrected chi connectivity index (χ1v) is 4.39. The number of hydrogen-bond acceptors (Lipinski definition) is 2. The zero-order chi connectivity index (χ0) is 8.36. The monoisotopic (exact) mass is 172 g/mol. The molecule has 0 amide bonds. The van der Waals surface area contributed by atoms with Gasteiger partial charge in [0.15, 0.2) is 0 Å². The van der Waals surface area contributed by atoms with Gasteiger partial charge in [0.25, 0.3) is 0 Å². The zero-order valence-corrected chi connectivity index (χ0v) is 6.33. The van der Waals surface area contributed by atoms with E-state index >= 15 is 0 Å². The van der Waals surface area contributed by atoms with E-state index in [0.717, 1.165) is 0 Å². The fourth-order valence-electron chi connectivity index (χ4n) is 0.419. The van der Waals surface area contributed by atoms with Crippen LogP contribution in [0, 0.1) is 0 Å². The van der Waals surface area contributed by atoms with Crippen molar-refractivity contribution in [1.82, 2.24) is 0 Å². The molecule has 0 heterocycles. The number of aliphatic hydroxyl groups excluding tert-OH is 1. The predicted octanol–water partition coefficient (Wildman–Crippen LogP) is 0.231. The van der Waals surface area contributed by atoms with Crippen LogP contribution in [0.5, 0.6) is 0 Å². The number of halogens is 1. The first-order valence-electron chi connectivity index (χ1n) is 2.71. The lowest BCUT2D eigenvalue weighted by molar-refractivity contribution is 0.153. The molecule has 4 nitrogen and oxygen atoms in total. The fourth-order valence-corrected chi connectivity index (χ4v) is 0.999. The Balaban J connectivity index is 3.86. The highest BCUT2D eigenvalue weighted by molar-refractivity contribution is 7.52. The van der Waals surface area contributed by atoms with Crippen molar-refractivity contribution in [2.75, 3.05) is 0 Å². The number of rotatable bonds is 3. The zero-order valence-electron chi connectivity index (χ0n) is 5.44. The third-order valence-electron chi connectivity index (χ3n) is 0.901. The standard InChI is InChI=1S/C4H10FO4P/c1-3(6)2-4(5)10(7,8)9/h3-4,6H,2H2,1H3,(H2,7,8,9). The third-order valence-corrected chi connectivity index (χ3v) is 1.84. The molecular weight excluding hydrogens is 162 g/mol. The molecule has 0 saturated heterocycles. The minimum atomic E-state index is -4.64. The van der Waals surface area contributed by atoms with Gasteiger partial charge < -0.3 is 14.9 Å². The van der Waals surface area contributed by atoms with Gasteiger partial charge in [-0.3, -0.25) is 4.57 Å². The average molecular weight is 172 g/mol. The van der Waals surface area contributed by atoms with Crippen molar-refractivity contribution in [3.05, 3.63) is 0 Å². The van der Waals surface area contributed by atoms with Crippen LogP contribution < -0.4 is 0 Å². The molecule has 3 N–H and O–H groups in total. The van der Waals surface area contributed by atoms with Crippen LogP contribution in [0.4, 0.5) is 4.39 Å². The second-order valence-corrected chi connectivity index (χ2v) is 3.85. The number of aliphatic hydroxyl groups is 1. The maximum absolute atomic E-state index is 12.2. The first kappa shape index (κ1) is 10.0. The summed E-state index contributed by atoms with van der Waals surface area (Å²) in [4.78, 5) is 16.3. The van der Waals surface area contributed by atoms with Gasteiger partial charge >= 0.3 is 7.60 Å². The van der Waals surface area contributed by atoms with E-state index in [0.29, 0.717) is 0 Å². The Morgan fingerprint density at radius 3 is 2.10 bits per heavy atom. The molecule has 62 valence electrons. The molecule has 10 heavy (non-hydrogen) atoms. The topological polar surface area (TPSA) is 77.8 Å². The Bertz CT molecular complexity index is 142. The van der Waals surface area contributed by atoms with Crippen molar-refractivity contribution in [2.24, 2.45) is 0 Å². The summed E-state index contributed by atoms with van der Waals surface area (Å²) in [5.41, 5.74) is 0. The van der Waals surface area contributed by atoms with E-state index in [4.69, 9.17) is 14.9 Å². The lowest BCUT2D eigenvalue weighted by atomic mass is 10.3. The molecule has 0 radical (unpaired) electrons. The Hall–Kier alpha value is 0.0400. The summed E-state index contributed by atoms with van der Waals surface area (Å²) in [5.74, 6) is -2.24. The minimum absolute atomic E-state index is 0.524. The molecule has 0 spiro atoms. The predicted molar refractivity (Wildman–Crippen MR) is 33.2 cm³/mol. The van der Waals surface area contributed by atoms with Crippen molar-refractivity contribution in [3.63, 3.8) is 0 Å². The van der Waals surface area contributed by atoms with Crippen LogP contribution in [-0.2, 0) is 4.57 Å². The van der Waals surface area contributed by atoms with E-state index in [9.17, 15) is 8.96 Å². The van der Waals surface area contributed by atoms with Gasteiger partial charge in [-0.2, -0.15) is 0 Å². The largest absolute Gasteiger partial charge is 0.393 e. The number of hydrogen-bond donors (Lipinski definition) is 3. The third kappa shape index (κ3) is 3.95. The van der Waals surface area contributed by atoms with E-state index in [-0.39, 0.29) is 0 Å². The molecule has 0 aliphatic rings. The van der Waals surface area contributed by atoms with Crippen LogP contribution in [-0.4, -0.2) is 26.9 Å². The minimum Gasteiger partial charge on any atom is -0.393 e. The maximum Gasteiger partial charge on any atom is 0.359 e. The van der Waals surface area contributed by atoms with Gasteiger partial charge in [0.2, 0.25) is 5.91 Å². The van der Waals surface area contributed by atoms with Gasteiger partial charge in [-0.15, -0.1) is 0 Å². The SMILES string of the molecule is CC(O)CC(F)P(=O)(O)O. The molecule has 2 unspecified atom stereocenters. The lowest BCUT2D eigenvalue weighted by Gasteiger charge is -2.10. The van der Waals surface area contributed by atoms with Crippen molar-refractivity contribution in [1.29, 1.82) is 0 Å². The molecule has 6 heteroatoms. The summed E-state index contributed by atoms with van der Waals surface area (Å²) in [7, 11) is -4.64. The summed E-state index contributed by atoms with van der Waals surface area (Å²) in [6, 6.07) is 0. The summed E-state index contributed by atoms with van der Waals surface area (Å²) in [6.45, 7) is 1.27. The molecule has 0 aliphatic heterocycles. The summed E-state index contributed by atoms with van der Waals surface area (Å²) in [5, 5.41) is 8.50. The highest BCUT2D eigenvalue weighted by atomic mass is 31.2. The first-order chi connectivity index (χ1) is 4.34. The number of alkyl halides is 1. The fraction of sp³-hybridized carbons (Fsp3) is 1.00. The maximum atomic E-state index is 12.2. The second kappa shape index (κ2) is 3.44. The second-order valence-electron chi connectivity index (χ2n) is 2.11. The van der Waals surface area contributed by atoms with Crippen LogP contribution in [0.15, 0.2) is 0 Å². The molecule has 0 aromatic carbocycles. The molecule has 0 rings (SSSR count). The highest BCUT2D eigenvalue weighted by Gasteiger charge is 2.29. The smallest absolute Gasteiger partial charge is 0.359 e. The molecule has 0 fully saturated rings.